The molecule has 1 amide bonds. The van der Waals surface area contributed by atoms with Crippen LogP contribution in [0.1, 0.15) is 28.2 Å². The van der Waals surface area contributed by atoms with Gasteiger partial charge in [-0.1, -0.05) is 18.2 Å². The molecule has 3 aromatic rings. The van der Waals surface area contributed by atoms with Crippen LogP contribution >= 0.6 is 0 Å². The van der Waals surface area contributed by atoms with Crippen molar-refractivity contribution in [1.29, 1.82) is 0 Å². The van der Waals surface area contributed by atoms with Gasteiger partial charge in [-0.25, -0.2) is 4.79 Å². The molecule has 0 radical (unpaired) electrons. The van der Waals surface area contributed by atoms with Crippen LogP contribution in [0.3, 0.4) is 0 Å². The molecular weight excluding hydrogens is 388 g/mol. The van der Waals surface area contributed by atoms with Crippen molar-refractivity contribution >= 4 is 6.09 Å². The van der Waals surface area contributed by atoms with Gasteiger partial charge in [-0.15, -0.1) is 0 Å². The average Bonchev–Trinajstić information content (AvgIpc) is 2.76. The summed E-state index contributed by atoms with van der Waals surface area (Å²) in [6.07, 6.45) is 2.30. The molecule has 0 atom stereocenters. The first-order valence-electron chi connectivity index (χ1n) is 10.7. The van der Waals surface area contributed by atoms with E-state index in [1.807, 2.05) is 61.7 Å². The van der Waals surface area contributed by atoms with E-state index in [0.717, 1.165) is 48.7 Å². The number of hydrogen-bond acceptors (Lipinski definition) is 5. The Kier molecular flexibility index (Phi) is 6.57. The standard InChI is InChI=1S/C25H28N4O2/c1-19-10-11-26-23(16-19)17-21-6-8-24(9-7-21)31-25(30)29-14-12-28(13-15-29)18-22-5-3-4-20(2)27-22/h3-11,16H,12-15,17-18H2,1-2H3. The topological polar surface area (TPSA) is 58.6 Å². The van der Waals surface area contributed by atoms with Crippen LogP contribution in [0.5, 0.6) is 5.75 Å². The van der Waals surface area contributed by atoms with Crippen molar-refractivity contribution in [2.24, 2.45) is 0 Å². The molecule has 0 saturated carbocycles. The van der Waals surface area contributed by atoms with E-state index in [0.29, 0.717) is 18.8 Å². The summed E-state index contributed by atoms with van der Waals surface area (Å²) in [5, 5.41) is 0. The maximum atomic E-state index is 12.6. The number of amides is 1. The Labute approximate surface area is 183 Å². The second-order valence-electron chi connectivity index (χ2n) is 8.05. The average molecular weight is 417 g/mol. The maximum Gasteiger partial charge on any atom is 0.415 e. The lowest BCUT2D eigenvalue weighted by atomic mass is 10.1. The van der Waals surface area contributed by atoms with Gasteiger partial charge in [-0.3, -0.25) is 14.9 Å². The van der Waals surface area contributed by atoms with E-state index in [9.17, 15) is 4.79 Å². The van der Waals surface area contributed by atoms with E-state index >= 15 is 0 Å². The number of benzene rings is 1. The molecule has 1 aliphatic rings. The van der Waals surface area contributed by atoms with Gasteiger partial charge in [0, 0.05) is 56.7 Å². The van der Waals surface area contributed by atoms with Crippen molar-refractivity contribution < 1.29 is 9.53 Å². The highest BCUT2D eigenvalue weighted by Crippen LogP contribution is 2.17. The van der Waals surface area contributed by atoms with Gasteiger partial charge < -0.3 is 9.64 Å². The molecule has 4 rings (SSSR count). The van der Waals surface area contributed by atoms with Gasteiger partial charge in [0.05, 0.1) is 5.69 Å². The zero-order valence-corrected chi connectivity index (χ0v) is 18.1. The Hall–Kier alpha value is -3.25. The first-order chi connectivity index (χ1) is 15.0. The lowest BCUT2D eigenvalue weighted by Gasteiger charge is -2.33. The van der Waals surface area contributed by atoms with E-state index < -0.39 is 0 Å². The Morgan fingerprint density at radius 1 is 0.968 bits per heavy atom. The number of pyridine rings is 2. The van der Waals surface area contributed by atoms with E-state index in [2.05, 4.69) is 27.9 Å². The molecule has 2 aromatic heterocycles. The Balaban J connectivity index is 1.26. The summed E-state index contributed by atoms with van der Waals surface area (Å²) >= 11 is 0. The van der Waals surface area contributed by atoms with Crippen LogP contribution in [0.25, 0.3) is 0 Å². The van der Waals surface area contributed by atoms with Gasteiger partial charge >= 0.3 is 6.09 Å². The van der Waals surface area contributed by atoms with Crippen LogP contribution < -0.4 is 4.74 Å². The number of aryl methyl sites for hydroxylation is 2. The largest absolute Gasteiger partial charge is 0.415 e. The van der Waals surface area contributed by atoms with E-state index in [1.54, 1.807) is 4.90 Å². The minimum absolute atomic E-state index is 0.290. The molecule has 6 heteroatoms. The molecule has 0 unspecified atom stereocenters. The molecule has 3 heterocycles. The van der Waals surface area contributed by atoms with Crippen molar-refractivity contribution in [2.45, 2.75) is 26.8 Å². The van der Waals surface area contributed by atoms with Crippen molar-refractivity contribution in [2.75, 3.05) is 26.2 Å². The van der Waals surface area contributed by atoms with Gasteiger partial charge in [-0.2, -0.15) is 0 Å². The number of nitrogens with zero attached hydrogens (tertiary/aromatic N) is 4. The van der Waals surface area contributed by atoms with Crippen LogP contribution in [-0.2, 0) is 13.0 Å². The summed E-state index contributed by atoms with van der Waals surface area (Å²) < 4.78 is 5.59. The van der Waals surface area contributed by atoms with Crippen LogP contribution in [0, 0.1) is 13.8 Å². The summed E-state index contributed by atoms with van der Waals surface area (Å²) in [6, 6.07) is 17.8. The van der Waals surface area contributed by atoms with Crippen LogP contribution in [0.15, 0.2) is 60.8 Å². The molecule has 0 bridgehead atoms. The molecule has 1 saturated heterocycles. The zero-order chi connectivity index (χ0) is 21.6. The van der Waals surface area contributed by atoms with Gasteiger partial charge in [0.15, 0.2) is 0 Å². The Morgan fingerprint density at radius 2 is 1.74 bits per heavy atom. The van der Waals surface area contributed by atoms with Crippen molar-refractivity contribution in [3.63, 3.8) is 0 Å². The SMILES string of the molecule is Cc1ccnc(Cc2ccc(OC(=O)N3CCN(Cc4cccc(C)n4)CC3)cc2)c1. The summed E-state index contributed by atoms with van der Waals surface area (Å²) in [4.78, 5) is 25.6. The number of carbonyl (C=O) groups excluding carboxylic acids is 1. The van der Waals surface area contributed by atoms with Gasteiger partial charge in [0.1, 0.15) is 5.75 Å². The minimum Gasteiger partial charge on any atom is -0.410 e. The third-order valence-corrected chi connectivity index (χ3v) is 5.45. The van der Waals surface area contributed by atoms with Gasteiger partial charge in [0.25, 0.3) is 0 Å². The fourth-order valence-corrected chi connectivity index (χ4v) is 3.75. The maximum absolute atomic E-state index is 12.6. The highest BCUT2D eigenvalue weighted by molar-refractivity contribution is 5.70. The van der Waals surface area contributed by atoms with Crippen LogP contribution in [0.4, 0.5) is 4.79 Å². The molecule has 1 aromatic carbocycles. The van der Waals surface area contributed by atoms with E-state index in [1.165, 1.54) is 5.56 Å². The fourth-order valence-electron chi connectivity index (χ4n) is 3.75. The molecule has 0 N–H and O–H groups in total. The highest BCUT2D eigenvalue weighted by atomic mass is 16.6. The molecule has 0 spiro atoms. The molecule has 1 fully saturated rings. The molecule has 160 valence electrons. The number of ether oxygens (including phenoxy) is 1. The predicted molar refractivity (Wildman–Crippen MR) is 120 cm³/mol. The minimum atomic E-state index is -0.290. The van der Waals surface area contributed by atoms with Gasteiger partial charge in [0.2, 0.25) is 0 Å². The molecular formula is C25H28N4O2. The number of hydrogen-bond donors (Lipinski definition) is 0. The van der Waals surface area contributed by atoms with Crippen LogP contribution in [-0.4, -0.2) is 52.0 Å². The molecule has 1 aliphatic heterocycles. The zero-order valence-electron chi connectivity index (χ0n) is 18.1. The molecule has 31 heavy (non-hydrogen) atoms. The lowest BCUT2D eigenvalue weighted by Crippen LogP contribution is -2.49. The van der Waals surface area contributed by atoms with Crippen molar-refractivity contribution in [3.8, 4) is 5.75 Å². The van der Waals surface area contributed by atoms with E-state index in [-0.39, 0.29) is 6.09 Å². The number of piperazine rings is 1. The molecule has 6 nitrogen and oxygen atoms in total. The van der Waals surface area contributed by atoms with Crippen LogP contribution in [0.2, 0.25) is 0 Å². The second-order valence-corrected chi connectivity index (χ2v) is 8.05. The van der Waals surface area contributed by atoms with Crippen molar-refractivity contribution in [3.05, 3.63) is 89.0 Å². The third kappa shape index (κ3) is 5.89. The molecule has 0 aliphatic carbocycles. The van der Waals surface area contributed by atoms with Crippen molar-refractivity contribution in [1.82, 2.24) is 19.8 Å². The lowest BCUT2D eigenvalue weighted by molar-refractivity contribution is 0.107. The summed E-state index contributed by atoms with van der Waals surface area (Å²) in [6.45, 7) is 7.81. The fraction of sp³-hybridized carbons (Fsp3) is 0.320. The highest BCUT2D eigenvalue weighted by Gasteiger charge is 2.23. The number of rotatable bonds is 5. The first-order valence-corrected chi connectivity index (χ1v) is 10.7. The first kappa shape index (κ1) is 21.0. The third-order valence-electron chi connectivity index (χ3n) is 5.45. The summed E-state index contributed by atoms with van der Waals surface area (Å²) in [7, 11) is 0. The Morgan fingerprint density at radius 3 is 2.45 bits per heavy atom. The van der Waals surface area contributed by atoms with E-state index in [4.69, 9.17) is 4.74 Å². The normalized spacial score (nSPS) is 14.5. The number of carbonyl (C=O) groups is 1. The summed E-state index contributed by atoms with van der Waals surface area (Å²) in [5.74, 6) is 0.567. The Bertz CT molecular complexity index is 1030. The monoisotopic (exact) mass is 416 g/mol. The predicted octanol–water partition coefficient (Wildman–Crippen LogP) is 4.00. The summed E-state index contributed by atoms with van der Waals surface area (Å²) in [5.41, 5.74) is 5.46. The number of aromatic nitrogens is 2. The van der Waals surface area contributed by atoms with Gasteiger partial charge in [-0.05, 0) is 61.4 Å². The smallest absolute Gasteiger partial charge is 0.410 e. The quantitative estimate of drug-likeness (QED) is 0.629. The second kappa shape index (κ2) is 9.71.